The van der Waals surface area contributed by atoms with Gasteiger partial charge in [0.15, 0.2) is 0 Å². The number of hydrogen-bond donors (Lipinski definition) is 3. The van der Waals surface area contributed by atoms with Crippen LogP contribution < -0.4 is 10.6 Å². The normalized spacial score (nSPS) is 18.0. The van der Waals surface area contributed by atoms with Gasteiger partial charge in [0.05, 0.1) is 11.2 Å². The Bertz CT molecular complexity index is 525. The van der Waals surface area contributed by atoms with E-state index in [1.165, 1.54) is 12.1 Å². The SMILES string of the molecule is CC(O)(CNC(=O)Nc1cccc(C(F)(F)F)c1)C1CC1. The van der Waals surface area contributed by atoms with Gasteiger partial charge in [0.1, 0.15) is 0 Å². The molecule has 1 aromatic carbocycles. The molecule has 0 heterocycles. The molecular weight excluding hydrogens is 285 g/mol. The first-order valence-electron chi connectivity index (χ1n) is 6.63. The van der Waals surface area contributed by atoms with Crippen LogP contribution in [0.1, 0.15) is 25.3 Å². The highest BCUT2D eigenvalue weighted by Gasteiger charge is 2.40. The molecule has 1 saturated carbocycles. The molecule has 2 rings (SSSR count). The van der Waals surface area contributed by atoms with Gasteiger partial charge in [-0.3, -0.25) is 0 Å². The predicted molar refractivity (Wildman–Crippen MR) is 71.8 cm³/mol. The van der Waals surface area contributed by atoms with Crippen LogP contribution in [-0.2, 0) is 6.18 Å². The average Bonchev–Trinajstić information content (AvgIpc) is 3.20. The Kier molecular flexibility index (Phi) is 4.13. The maximum Gasteiger partial charge on any atom is 0.416 e. The fraction of sp³-hybridized carbons (Fsp3) is 0.500. The van der Waals surface area contributed by atoms with Crippen molar-refractivity contribution >= 4 is 11.7 Å². The molecule has 21 heavy (non-hydrogen) atoms. The zero-order valence-electron chi connectivity index (χ0n) is 11.5. The third-order valence-corrected chi connectivity index (χ3v) is 3.51. The summed E-state index contributed by atoms with van der Waals surface area (Å²) in [6.45, 7) is 1.69. The number of amides is 2. The first-order chi connectivity index (χ1) is 9.68. The van der Waals surface area contributed by atoms with Gasteiger partial charge in [-0.05, 0) is 43.9 Å². The molecule has 1 aliphatic rings. The zero-order chi connectivity index (χ0) is 15.7. The number of halogens is 3. The summed E-state index contributed by atoms with van der Waals surface area (Å²) in [5.74, 6) is 0.173. The summed E-state index contributed by atoms with van der Waals surface area (Å²) < 4.78 is 37.6. The van der Waals surface area contributed by atoms with Gasteiger partial charge in [-0.25, -0.2) is 4.79 Å². The van der Waals surface area contributed by atoms with Gasteiger partial charge in [0.2, 0.25) is 0 Å². The Hall–Kier alpha value is -1.76. The summed E-state index contributed by atoms with van der Waals surface area (Å²) in [6.07, 6.45) is -2.61. The highest BCUT2D eigenvalue weighted by atomic mass is 19.4. The van der Waals surface area contributed by atoms with E-state index in [-0.39, 0.29) is 18.2 Å². The summed E-state index contributed by atoms with van der Waals surface area (Å²) >= 11 is 0. The van der Waals surface area contributed by atoms with Crippen LogP contribution in [0.3, 0.4) is 0 Å². The van der Waals surface area contributed by atoms with Crippen LogP contribution in [0, 0.1) is 5.92 Å². The number of carbonyl (C=O) groups is 1. The Morgan fingerprint density at radius 2 is 2.05 bits per heavy atom. The van der Waals surface area contributed by atoms with Crippen molar-refractivity contribution in [1.82, 2.24) is 5.32 Å². The Morgan fingerprint density at radius 3 is 2.62 bits per heavy atom. The van der Waals surface area contributed by atoms with Crippen molar-refractivity contribution in [2.24, 2.45) is 5.92 Å². The van der Waals surface area contributed by atoms with Crippen molar-refractivity contribution in [3.63, 3.8) is 0 Å². The van der Waals surface area contributed by atoms with Crippen LogP contribution in [0.15, 0.2) is 24.3 Å². The molecule has 3 N–H and O–H groups in total. The van der Waals surface area contributed by atoms with Crippen LogP contribution in [-0.4, -0.2) is 23.3 Å². The highest BCUT2D eigenvalue weighted by Crippen LogP contribution is 2.39. The van der Waals surface area contributed by atoms with Crippen LogP contribution in [0.5, 0.6) is 0 Å². The molecule has 116 valence electrons. The minimum Gasteiger partial charge on any atom is -0.388 e. The number of alkyl halides is 3. The van der Waals surface area contributed by atoms with Crippen LogP contribution >= 0.6 is 0 Å². The number of anilines is 1. The quantitative estimate of drug-likeness (QED) is 0.800. The fourth-order valence-electron chi connectivity index (χ4n) is 2.06. The van der Waals surface area contributed by atoms with E-state index in [1.54, 1.807) is 6.92 Å². The summed E-state index contributed by atoms with van der Waals surface area (Å²) in [5.41, 5.74) is -1.76. The van der Waals surface area contributed by atoms with E-state index >= 15 is 0 Å². The van der Waals surface area contributed by atoms with E-state index in [2.05, 4.69) is 10.6 Å². The predicted octanol–water partition coefficient (Wildman–Crippen LogP) is 2.99. The second kappa shape index (κ2) is 5.55. The lowest BCUT2D eigenvalue weighted by Gasteiger charge is -2.23. The molecule has 2 amide bonds. The van der Waals surface area contributed by atoms with Crippen molar-refractivity contribution in [3.05, 3.63) is 29.8 Å². The molecule has 0 spiro atoms. The van der Waals surface area contributed by atoms with E-state index in [1.807, 2.05) is 0 Å². The van der Waals surface area contributed by atoms with E-state index in [4.69, 9.17) is 0 Å². The van der Waals surface area contributed by atoms with Gasteiger partial charge >= 0.3 is 12.2 Å². The summed E-state index contributed by atoms with van der Waals surface area (Å²) in [5, 5.41) is 14.8. The van der Waals surface area contributed by atoms with E-state index in [9.17, 15) is 23.1 Å². The van der Waals surface area contributed by atoms with Gasteiger partial charge < -0.3 is 15.7 Å². The Balaban J connectivity index is 1.90. The van der Waals surface area contributed by atoms with E-state index < -0.39 is 23.4 Å². The fourth-order valence-corrected chi connectivity index (χ4v) is 2.06. The van der Waals surface area contributed by atoms with Crippen molar-refractivity contribution in [2.45, 2.75) is 31.5 Å². The first-order valence-corrected chi connectivity index (χ1v) is 6.63. The summed E-state index contributed by atoms with van der Waals surface area (Å²) in [7, 11) is 0. The number of nitrogens with one attached hydrogen (secondary N) is 2. The molecule has 1 atom stereocenters. The molecular formula is C14H17F3N2O2. The molecule has 0 aliphatic heterocycles. The van der Waals surface area contributed by atoms with Crippen molar-refractivity contribution < 1.29 is 23.1 Å². The second-order valence-electron chi connectivity index (χ2n) is 5.52. The van der Waals surface area contributed by atoms with Gasteiger partial charge in [0.25, 0.3) is 0 Å². The average molecular weight is 302 g/mol. The first kappa shape index (κ1) is 15.6. The topological polar surface area (TPSA) is 61.4 Å². The summed E-state index contributed by atoms with van der Waals surface area (Å²) in [4.78, 5) is 11.6. The third-order valence-electron chi connectivity index (χ3n) is 3.51. The van der Waals surface area contributed by atoms with Gasteiger partial charge in [-0.2, -0.15) is 13.2 Å². The van der Waals surface area contributed by atoms with Crippen molar-refractivity contribution in [2.75, 3.05) is 11.9 Å². The number of aliphatic hydroxyl groups is 1. The molecule has 1 aromatic rings. The van der Waals surface area contributed by atoms with Crippen molar-refractivity contribution in [1.29, 1.82) is 0 Å². The third kappa shape index (κ3) is 4.35. The second-order valence-corrected chi connectivity index (χ2v) is 5.52. The van der Waals surface area contributed by atoms with Gasteiger partial charge in [0, 0.05) is 12.2 Å². The van der Waals surface area contributed by atoms with E-state index in [0.29, 0.717) is 0 Å². The molecule has 0 saturated heterocycles. The number of hydrogen-bond acceptors (Lipinski definition) is 2. The van der Waals surface area contributed by atoms with Crippen LogP contribution in [0.2, 0.25) is 0 Å². The maximum atomic E-state index is 12.5. The van der Waals surface area contributed by atoms with E-state index in [0.717, 1.165) is 25.0 Å². The molecule has 1 unspecified atom stereocenters. The summed E-state index contributed by atoms with van der Waals surface area (Å²) in [6, 6.07) is 3.74. The highest BCUT2D eigenvalue weighted by molar-refractivity contribution is 5.89. The number of carbonyl (C=O) groups excluding carboxylic acids is 1. The lowest BCUT2D eigenvalue weighted by atomic mass is 10.0. The lowest BCUT2D eigenvalue weighted by Crippen LogP contribution is -2.43. The van der Waals surface area contributed by atoms with Crippen LogP contribution in [0.4, 0.5) is 23.7 Å². The standard InChI is InChI=1S/C14H17F3N2O2/c1-13(21,9-5-6-9)8-18-12(20)19-11-4-2-3-10(7-11)14(15,16)17/h2-4,7,9,21H,5-6,8H2,1H3,(H2,18,19,20). The van der Waals surface area contributed by atoms with Crippen molar-refractivity contribution in [3.8, 4) is 0 Å². The molecule has 1 aliphatic carbocycles. The molecule has 0 bridgehead atoms. The Morgan fingerprint density at radius 1 is 1.38 bits per heavy atom. The zero-order valence-corrected chi connectivity index (χ0v) is 11.5. The molecule has 0 aromatic heterocycles. The number of rotatable bonds is 4. The van der Waals surface area contributed by atoms with Gasteiger partial charge in [-0.1, -0.05) is 6.07 Å². The lowest BCUT2D eigenvalue weighted by molar-refractivity contribution is -0.137. The number of benzene rings is 1. The maximum absolute atomic E-state index is 12.5. The van der Waals surface area contributed by atoms with Gasteiger partial charge in [-0.15, -0.1) is 0 Å². The molecule has 4 nitrogen and oxygen atoms in total. The Labute approximate surface area is 120 Å². The van der Waals surface area contributed by atoms with Crippen LogP contribution in [0.25, 0.3) is 0 Å². The smallest absolute Gasteiger partial charge is 0.388 e. The minimum absolute atomic E-state index is 0.0494. The molecule has 0 radical (unpaired) electrons. The number of urea groups is 1. The molecule has 1 fully saturated rings. The molecule has 7 heteroatoms. The largest absolute Gasteiger partial charge is 0.416 e. The minimum atomic E-state index is -4.45. The monoisotopic (exact) mass is 302 g/mol.